The van der Waals surface area contributed by atoms with E-state index in [2.05, 4.69) is 0 Å². The fourth-order valence-electron chi connectivity index (χ4n) is 8.07. The molecule has 0 aromatic rings. The summed E-state index contributed by atoms with van der Waals surface area (Å²) in [7, 11) is 1.17. The van der Waals surface area contributed by atoms with Gasteiger partial charge in [0.2, 0.25) is 12.1 Å². The Morgan fingerprint density at radius 2 is 1.67 bits per heavy atom. The lowest BCUT2D eigenvalue weighted by atomic mass is 9.70. The van der Waals surface area contributed by atoms with Crippen LogP contribution in [0.15, 0.2) is 59.9 Å². The molecule has 3 saturated heterocycles. The lowest BCUT2D eigenvalue weighted by Gasteiger charge is -2.53. The summed E-state index contributed by atoms with van der Waals surface area (Å²) in [5.74, 6) is -6.99. The first-order chi connectivity index (χ1) is 28.6. The van der Waals surface area contributed by atoms with Crippen molar-refractivity contribution in [3.05, 3.63) is 59.9 Å². The first-order valence-electron chi connectivity index (χ1n) is 21.1. The molecule has 0 unspecified atom stereocenters. The third kappa shape index (κ3) is 12.6. The normalized spacial score (nSPS) is 36.4. The van der Waals surface area contributed by atoms with Crippen molar-refractivity contribution in [1.82, 2.24) is 0 Å². The van der Waals surface area contributed by atoms with Crippen molar-refractivity contribution in [3.63, 3.8) is 0 Å². The van der Waals surface area contributed by atoms with Crippen LogP contribution in [0.1, 0.15) is 113 Å². The maximum absolute atomic E-state index is 13.4. The van der Waals surface area contributed by atoms with Crippen LogP contribution in [-0.4, -0.2) is 118 Å². The highest BCUT2D eigenvalue weighted by Gasteiger charge is 2.59. The van der Waals surface area contributed by atoms with Crippen molar-refractivity contribution in [3.8, 4) is 0 Å². The number of cyclic esters (lactones) is 1. The van der Waals surface area contributed by atoms with E-state index < -0.39 is 108 Å². The van der Waals surface area contributed by atoms with Crippen molar-refractivity contribution in [2.45, 2.75) is 180 Å². The van der Waals surface area contributed by atoms with Crippen LogP contribution >= 0.6 is 0 Å². The number of rotatable bonds is 8. The second-order valence-corrected chi connectivity index (χ2v) is 17.4. The van der Waals surface area contributed by atoms with Gasteiger partial charge in [-0.15, -0.1) is 0 Å². The number of carbonyl (C=O) groups is 4. The average molecular weight is 863 g/mol. The lowest BCUT2D eigenvalue weighted by molar-refractivity contribution is -0.351. The number of ether oxygens (including phenoxy) is 8. The number of aliphatic hydroxyl groups is 4. The number of hydrogen-bond donors (Lipinski definition) is 4. The molecular formula is C45H66O16. The number of methoxy groups -OCH3 is 1. The van der Waals surface area contributed by atoms with Crippen LogP contribution in [-0.2, 0) is 57.1 Å². The van der Waals surface area contributed by atoms with Crippen molar-refractivity contribution in [2.75, 3.05) is 7.11 Å². The molecule has 0 aromatic heterocycles. The summed E-state index contributed by atoms with van der Waals surface area (Å²) in [6, 6.07) is 0. The Morgan fingerprint density at radius 3 is 2.31 bits per heavy atom. The van der Waals surface area contributed by atoms with Gasteiger partial charge in [0.05, 0.1) is 55.2 Å². The van der Waals surface area contributed by atoms with E-state index in [9.17, 15) is 39.6 Å². The highest BCUT2D eigenvalue weighted by Crippen LogP contribution is 2.50. The zero-order valence-corrected chi connectivity index (χ0v) is 36.9. The summed E-state index contributed by atoms with van der Waals surface area (Å²) in [6.07, 6.45) is 3.06. The molecule has 6 bridgehead atoms. The standard InChI is InChI=1S/C45H66O16/c1-10-12-13-14-15-16-37(49)59-41-29(20-38(50)54-9)19-32-24-35(27(3)46)58-39(51)22-30(48)21-33-25-36(55-28(4)47)43(7,8)44(52,60-33)26-34-23-31(11-2)56-40(57-34)17-18-42(5,6)45(41,53)61-32/h11,13-18,20,27,30,32-36,40-41,46,48,52-53H,10,12,19,21-26H2,1-9H3/t27-,30-,32+,33-,34+,35-,36+,40+,41+,44+,45-/m1/s1. The van der Waals surface area contributed by atoms with Crippen LogP contribution in [0.5, 0.6) is 0 Å². The predicted molar refractivity (Wildman–Crippen MR) is 218 cm³/mol. The smallest absolute Gasteiger partial charge is 0.331 e. The van der Waals surface area contributed by atoms with E-state index in [-0.39, 0.29) is 44.1 Å². The number of allylic oxidation sites excluding steroid dienone is 4. The Bertz CT molecular complexity index is 1710. The van der Waals surface area contributed by atoms with E-state index in [1.165, 1.54) is 39.2 Å². The molecule has 0 aliphatic carbocycles. The number of fused-ring (bicyclic) bond motifs is 6. The van der Waals surface area contributed by atoms with Gasteiger partial charge in [0.15, 0.2) is 11.9 Å². The van der Waals surface area contributed by atoms with E-state index in [0.29, 0.717) is 5.76 Å². The second-order valence-electron chi connectivity index (χ2n) is 17.4. The summed E-state index contributed by atoms with van der Waals surface area (Å²) >= 11 is 0. The van der Waals surface area contributed by atoms with Crippen LogP contribution in [0.25, 0.3) is 0 Å². The van der Waals surface area contributed by atoms with Gasteiger partial charge in [-0.05, 0) is 44.4 Å². The van der Waals surface area contributed by atoms with Crippen molar-refractivity contribution in [2.24, 2.45) is 10.8 Å². The number of esters is 4. The highest BCUT2D eigenvalue weighted by atomic mass is 16.7. The zero-order valence-electron chi connectivity index (χ0n) is 36.9. The molecule has 0 radical (unpaired) electrons. The lowest BCUT2D eigenvalue weighted by Crippen LogP contribution is -2.62. The fourth-order valence-corrected chi connectivity index (χ4v) is 8.07. The Balaban J connectivity index is 1.84. The molecule has 16 heteroatoms. The number of hydrogen-bond acceptors (Lipinski definition) is 16. The topological polar surface area (TPSA) is 223 Å². The monoisotopic (exact) mass is 862 g/mol. The van der Waals surface area contributed by atoms with E-state index in [4.69, 9.17) is 37.9 Å². The zero-order chi connectivity index (χ0) is 45.3. The first-order valence-corrected chi connectivity index (χ1v) is 21.1. The maximum Gasteiger partial charge on any atom is 0.331 e. The summed E-state index contributed by atoms with van der Waals surface area (Å²) < 4.78 is 47.6. The molecule has 0 saturated carbocycles. The van der Waals surface area contributed by atoms with Gasteiger partial charge in [-0.25, -0.2) is 9.59 Å². The summed E-state index contributed by atoms with van der Waals surface area (Å²) in [5, 5.41) is 47.3. The van der Waals surface area contributed by atoms with Crippen molar-refractivity contribution in [1.29, 1.82) is 0 Å². The van der Waals surface area contributed by atoms with Gasteiger partial charge in [-0.1, -0.05) is 65.3 Å². The van der Waals surface area contributed by atoms with Crippen molar-refractivity contribution >= 4 is 23.9 Å². The predicted octanol–water partition coefficient (Wildman–Crippen LogP) is 4.67. The number of carbonyl (C=O) groups excluding carboxylic acids is 4. The minimum atomic E-state index is -2.44. The Kier molecular flexibility index (Phi) is 17.1. The largest absolute Gasteiger partial charge is 0.466 e. The molecule has 0 spiro atoms. The molecule has 0 amide bonds. The van der Waals surface area contributed by atoms with E-state index in [0.717, 1.165) is 18.9 Å². The third-order valence-electron chi connectivity index (χ3n) is 11.8. The summed E-state index contributed by atoms with van der Waals surface area (Å²) in [6.45, 7) is 13.1. The van der Waals surface area contributed by atoms with Crippen LogP contribution in [0, 0.1) is 10.8 Å². The molecule has 4 heterocycles. The molecule has 4 aliphatic heterocycles. The van der Waals surface area contributed by atoms with Gasteiger partial charge in [0.1, 0.15) is 12.2 Å². The minimum absolute atomic E-state index is 0.110. The van der Waals surface area contributed by atoms with Gasteiger partial charge >= 0.3 is 23.9 Å². The molecule has 4 aliphatic rings. The summed E-state index contributed by atoms with van der Waals surface area (Å²) in [5.41, 5.74) is -2.56. The second kappa shape index (κ2) is 21.0. The van der Waals surface area contributed by atoms with Gasteiger partial charge in [-0.3, -0.25) is 9.59 Å². The van der Waals surface area contributed by atoms with Crippen LogP contribution in [0.3, 0.4) is 0 Å². The molecule has 0 aromatic carbocycles. The summed E-state index contributed by atoms with van der Waals surface area (Å²) in [4.78, 5) is 51.8. The van der Waals surface area contributed by atoms with E-state index in [1.54, 1.807) is 52.8 Å². The number of aliphatic hydroxyl groups excluding tert-OH is 2. The van der Waals surface area contributed by atoms with Gasteiger partial charge in [0.25, 0.3) is 0 Å². The first kappa shape index (κ1) is 49.8. The Hall–Kier alpha value is -3.90. The molecule has 11 atom stereocenters. The highest BCUT2D eigenvalue weighted by molar-refractivity contribution is 5.84. The average Bonchev–Trinajstić information content (AvgIpc) is 3.16. The minimum Gasteiger partial charge on any atom is -0.466 e. The van der Waals surface area contributed by atoms with Crippen LogP contribution in [0.2, 0.25) is 0 Å². The van der Waals surface area contributed by atoms with Gasteiger partial charge in [0, 0.05) is 56.6 Å². The molecule has 3 fully saturated rings. The molecule has 16 nitrogen and oxygen atoms in total. The van der Waals surface area contributed by atoms with Gasteiger partial charge in [-0.2, -0.15) is 0 Å². The molecule has 4 rings (SSSR count). The van der Waals surface area contributed by atoms with E-state index in [1.807, 2.05) is 13.0 Å². The SMILES string of the molecule is CC=C1C[C@H]2C[C@]3(O)O[C@H](C[C@@H](O)CC(=O)O[C@@H]([C@@H](C)O)C[C@@H]4CC(=CC(=O)OC)[C@H](OC(=O)C=CC=CCCC)[C@@](O)(O4)C(C)(C)C=C[C@@H](O1)O2)C[C@H](OC(C)=O)C3(C)C. The quantitative estimate of drug-likeness (QED) is 0.0856. The maximum atomic E-state index is 13.4. The molecular weight excluding hydrogens is 796 g/mol. The Labute approximate surface area is 358 Å². The van der Waals surface area contributed by atoms with Crippen LogP contribution in [0.4, 0.5) is 0 Å². The fraction of sp³-hybridized carbons (Fsp3) is 0.689. The third-order valence-corrected chi connectivity index (χ3v) is 11.8. The number of unbranched alkanes of at least 4 members (excludes halogenated alkanes) is 1. The van der Waals surface area contributed by atoms with Gasteiger partial charge < -0.3 is 58.3 Å². The Morgan fingerprint density at radius 1 is 0.951 bits per heavy atom. The molecule has 342 valence electrons. The molecule has 61 heavy (non-hydrogen) atoms. The molecule has 4 N–H and O–H groups in total. The van der Waals surface area contributed by atoms with Crippen molar-refractivity contribution < 1.29 is 77.5 Å². The van der Waals surface area contributed by atoms with Crippen LogP contribution < -0.4 is 0 Å². The van der Waals surface area contributed by atoms with E-state index >= 15 is 0 Å².